The van der Waals surface area contributed by atoms with Crippen molar-refractivity contribution in [3.63, 3.8) is 0 Å². The molecular formula is C11H18N4OS. The monoisotopic (exact) mass is 254 g/mol. The molecule has 1 N–H and O–H groups in total. The molecule has 2 rings (SSSR count). The summed E-state index contributed by atoms with van der Waals surface area (Å²) >= 11 is 1.90. The van der Waals surface area contributed by atoms with Crippen molar-refractivity contribution in [2.45, 2.75) is 31.9 Å². The van der Waals surface area contributed by atoms with E-state index in [4.69, 9.17) is 0 Å². The lowest BCUT2D eigenvalue weighted by atomic mass is 10.2. The van der Waals surface area contributed by atoms with E-state index in [0.29, 0.717) is 5.82 Å². The Bertz CT molecular complexity index is 415. The van der Waals surface area contributed by atoms with Gasteiger partial charge in [-0.1, -0.05) is 6.92 Å². The van der Waals surface area contributed by atoms with E-state index >= 15 is 0 Å². The van der Waals surface area contributed by atoms with E-state index in [0.717, 1.165) is 31.1 Å². The van der Waals surface area contributed by atoms with Crippen LogP contribution in [-0.4, -0.2) is 49.6 Å². The molecule has 1 saturated heterocycles. The fourth-order valence-corrected chi connectivity index (χ4v) is 2.99. The summed E-state index contributed by atoms with van der Waals surface area (Å²) in [6.45, 7) is 7.84. The third kappa shape index (κ3) is 2.80. The number of thioether (sulfide) groups is 1. The largest absolute Gasteiger partial charge is 0.334 e. The Labute approximate surface area is 105 Å². The Morgan fingerprint density at radius 1 is 1.59 bits per heavy atom. The van der Waals surface area contributed by atoms with Gasteiger partial charge in [0.05, 0.1) is 0 Å². The number of H-pyrrole nitrogens is 1. The molecule has 1 amide bonds. The molecule has 0 aliphatic carbocycles. The van der Waals surface area contributed by atoms with Crippen molar-refractivity contribution in [1.82, 2.24) is 20.1 Å². The number of carbonyl (C=O) groups is 1. The summed E-state index contributed by atoms with van der Waals surface area (Å²) in [7, 11) is 0. The van der Waals surface area contributed by atoms with Crippen LogP contribution in [0.15, 0.2) is 0 Å². The van der Waals surface area contributed by atoms with Crippen LogP contribution in [0.2, 0.25) is 0 Å². The van der Waals surface area contributed by atoms with E-state index in [1.165, 1.54) is 0 Å². The smallest absolute Gasteiger partial charge is 0.293 e. The van der Waals surface area contributed by atoms with Crippen molar-refractivity contribution in [3.8, 4) is 0 Å². The summed E-state index contributed by atoms with van der Waals surface area (Å²) in [5, 5.41) is 6.76. The minimum absolute atomic E-state index is 0.0608. The van der Waals surface area contributed by atoms with E-state index in [9.17, 15) is 4.79 Å². The first-order valence-corrected chi connectivity index (χ1v) is 6.85. The van der Waals surface area contributed by atoms with Crippen molar-refractivity contribution in [1.29, 1.82) is 0 Å². The molecule has 0 bridgehead atoms. The van der Waals surface area contributed by atoms with Gasteiger partial charge in [-0.15, -0.1) is 5.10 Å². The molecule has 0 spiro atoms. The van der Waals surface area contributed by atoms with Gasteiger partial charge < -0.3 is 4.90 Å². The summed E-state index contributed by atoms with van der Waals surface area (Å²) in [5.41, 5.74) is 0. The molecule has 17 heavy (non-hydrogen) atoms. The molecule has 0 atom stereocenters. The maximum Gasteiger partial charge on any atom is 0.293 e. The molecule has 0 aromatic carbocycles. The van der Waals surface area contributed by atoms with Gasteiger partial charge in [-0.05, 0) is 13.8 Å². The number of hydrogen-bond acceptors (Lipinski definition) is 4. The molecule has 5 nitrogen and oxygen atoms in total. The Morgan fingerprint density at radius 3 is 2.94 bits per heavy atom. The minimum Gasteiger partial charge on any atom is -0.334 e. The number of hydrogen-bond donors (Lipinski definition) is 1. The van der Waals surface area contributed by atoms with Crippen LogP contribution in [0.4, 0.5) is 0 Å². The van der Waals surface area contributed by atoms with Crippen LogP contribution in [0.3, 0.4) is 0 Å². The first-order valence-electron chi connectivity index (χ1n) is 5.86. The van der Waals surface area contributed by atoms with Gasteiger partial charge in [0.15, 0.2) is 0 Å². The number of carbonyl (C=O) groups excluding carboxylic acids is 1. The molecule has 0 radical (unpaired) electrons. The van der Waals surface area contributed by atoms with Crippen molar-refractivity contribution < 1.29 is 4.79 Å². The van der Waals surface area contributed by atoms with E-state index in [-0.39, 0.29) is 10.7 Å². The number of aromatic nitrogens is 3. The normalized spacial score (nSPS) is 19.4. The third-order valence-corrected chi connectivity index (χ3v) is 4.07. The summed E-state index contributed by atoms with van der Waals surface area (Å²) in [6.07, 6.45) is 0.766. The van der Waals surface area contributed by atoms with Gasteiger partial charge in [0.25, 0.3) is 5.91 Å². The highest BCUT2D eigenvalue weighted by Gasteiger charge is 2.31. The Hall–Kier alpha value is -1.04. The van der Waals surface area contributed by atoms with Gasteiger partial charge >= 0.3 is 0 Å². The fraction of sp³-hybridized carbons (Fsp3) is 0.727. The molecule has 1 aromatic heterocycles. The van der Waals surface area contributed by atoms with E-state index < -0.39 is 0 Å². The molecule has 1 aromatic rings. The molecule has 6 heteroatoms. The van der Waals surface area contributed by atoms with Gasteiger partial charge in [-0.2, -0.15) is 11.8 Å². The number of aryl methyl sites for hydroxylation is 1. The second-order valence-electron chi connectivity index (χ2n) is 4.79. The first-order chi connectivity index (χ1) is 8.02. The predicted molar refractivity (Wildman–Crippen MR) is 68.2 cm³/mol. The first kappa shape index (κ1) is 12.4. The van der Waals surface area contributed by atoms with Crippen LogP contribution in [0.1, 0.15) is 37.2 Å². The van der Waals surface area contributed by atoms with E-state index in [2.05, 4.69) is 29.0 Å². The Morgan fingerprint density at radius 2 is 2.35 bits per heavy atom. The van der Waals surface area contributed by atoms with Crippen molar-refractivity contribution in [2.24, 2.45) is 0 Å². The molecule has 0 saturated carbocycles. The second kappa shape index (κ2) is 4.68. The van der Waals surface area contributed by atoms with Crippen LogP contribution in [0, 0.1) is 0 Å². The predicted octanol–water partition coefficient (Wildman–Crippen LogP) is 1.33. The summed E-state index contributed by atoms with van der Waals surface area (Å²) < 4.78 is 0.123. The Balaban J connectivity index is 2.09. The minimum atomic E-state index is -0.0608. The number of rotatable bonds is 2. The van der Waals surface area contributed by atoms with Gasteiger partial charge in [-0.3, -0.25) is 9.89 Å². The van der Waals surface area contributed by atoms with Crippen LogP contribution in [-0.2, 0) is 6.42 Å². The van der Waals surface area contributed by atoms with Crippen LogP contribution >= 0.6 is 11.8 Å². The van der Waals surface area contributed by atoms with E-state index in [1.54, 1.807) is 0 Å². The van der Waals surface area contributed by atoms with Crippen LogP contribution < -0.4 is 0 Å². The number of nitrogens with zero attached hydrogens (tertiary/aromatic N) is 3. The van der Waals surface area contributed by atoms with Gasteiger partial charge in [0, 0.05) is 30.0 Å². The quantitative estimate of drug-likeness (QED) is 0.865. The second-order valence-corrected chi connectivity index (χ2v) is 6.60. The molecular weight excluding hydrogens is 236 g/mol. The average molecular weight is 254 g/mol. The highest BCUT2D eigenvalue weighted by Crippen LogP contribution is 2.29. The molecule has 0 unspecified atom stereocenters. The van der Waals surface area contributed by atoms with Gasteiger partial charge in [-0.25, -0.2) is 4.98 Å². The summed E-state index contributed by atoms with van der Waals surface area (Å²) in [4.78, 5) is 18.2. The highest BCUT2D eigenvalue weighted by atomic mass is 32.2. The fourth-order valence-electron chi connectivity index (χ4n) is 1.88. The lowest BCUT2D eigenvalue weighted by Gasteiger charge is -2.36. The summed E-state index contributed by atoms with van der Waals surface area (Å²) in [6, 6.07) is 0. The SMILES string of the molecule is CCc1nc(C(=O)N2CCSC(C)(C)C2)n[nH]1. The highest BCUT2D eigenvalue weighted by molar-refractivity contribution is 8.00. The van der Waals surface area contributed by atoms with Crippen LogP contribution in [0.5, 0.6) is 0 Å². The zero-order valence-corrected chi connectivity index (χ0v) is 11.3. The topological polar surface area (TPSA) is 61.9 Å². The zero-order chi connectivity index (χ0) is 12.5. The van der Waals surface area contributed by atoms with Crippen molar-refractivity contribution in [3.05, 3.63) is 11.6 Å². The zero-order valence-electron chi connectivity index (χ0n) is 10.5. The lowest BCUT2D eigenvalue weighted by molar-refractivity contribution is 0.0736. The van der Waals surface area contributed by atoms with Gasteiger partial charge in [0.2, 0.25) is 5.82 Å². The van der Waals surface area contributed by atoms with Crippen molar-refractivity contribution >= 4 is 17.7 Å². The number of nitrogens with one attached hydrogen (secondary N) is 1. The number of aromatic amines is 1. The molecule has 2 heterocycles. The van der Waals surface area contributed by atoms with Gasteiger partial charge in [0.1, 0.15) is 5.82 Å². The molecule has 94 valence electrons. The maximum atomic E-state index is 12.2. The van der Waals surface area contributed by atoms with Crippen molar-refractivity contribution in [2.75, 3.05) is 18.8 Å². The Kier molecular flexibility index (Phi) is 3.42. The maximum absolute atomic E-state index is 12.2. The molecule has 1 fully saturated rings. The van der Waals surface area contributed by atoms with E-state index in [1.807, 2.05) is 23.6 Å². The van der Waals surface area contributed by atoms with Crippen LogP contribution in [0.25, 0.3) is 0 Å². The third-order valence-electron chi connectivity index (χ3n) is 2.77. The lowest BCUT2D eigenvalue weighted by Crippen LogP contribution is -2.46. The summed E-state index contributed by atoms with van der Waals surface area (Å²) in [5.74, 6) is 1.97. The molecule has 1 aliphatic heterocycles. The average Bonchev–Trinajstić information content (AvgIpc) is 2.75. The molecule has 1 aliphatic rings. The number of amides is 1. The standard InChI is InChI=1S/C11H18N4OS/c1-4-8-12-9(14-13-8)10(16)15-5-6-17-11(2,3)7-15/h4-7H2,1-3H3,(H,12,13,14).